The van der Waals surface area contributed by atoms with Gasteiger partial charge in [0.05, 0.1) is 0 Å². The Balaban J connectivity index is 2.12. The molecule has 1 aliphatic rings. The summed E-state index contributed by atoms with van der Waals surface area (Å²) in [4.78, 5) is 12.4. The lowest BCUT2D eigenvalue weighted by Crippen LogP contribution is -2.05. The first-order valence-corrected chi connectivity index (χ1v) is 6.89. The Kier molecular flexibility index (Phi) is 4.91. The van der Waals surface area contributed by atoms with Crippen LogP contribution in [-0.4, -0.2) is 5.78 Å². The van der Waals surface area contributed by atoms with Gasteiger partial charge in [-0.2, -0.15) is 0 Å². The van der Waals surface area contributed by atoms with Gasteiger partial charge in [0.2, 0.25) is 0 Å². The molecule has 1 aromatic rings. The van der Waals surface area contributed by atoms with Gasteiger partial charge in [-0.25, -0.2) is 0 Å². The summed E-state index contributed by atoms with van der Waals surface area (Å²) in [7, 11) is 0. The van der Waals surface area contributed by atoms with Gasteiger partial charge in [-0.3, -0.25) is 4.79 Å². The summed E-state index contributed by atoms with van der Waals surface area (Å²) in [5.41, 5.74) is 2.87. The number of hydrogen-bond donors (Lipinski definition) is 0. The quantitative estimate of drug-likeness (QED) is 0.562. The zero-order valence-electron chi connectivity index (χ0n) is 11.4. The van der Waals surface area contributed by atoms with Gasteiger partial charge in [0.25, 0.3) is 0 Å². The summed E-state index contributed by atoms with van der Waals surface area (Å²) >= 11 is 0. The Morgan fingerprint density at radius 3 is 2.58 bits per heavy atom. The van der Waals surface area contributed by atoms with Crippen molar-refractivity contribution in [3.63, 3.8) is 0 Å². The van der Waals surface area contributed by atoms with Crippen molar-refractivity contribution < 1.29 is 4.79 Å². The molecule has 0 radical (unpaired) electrons. The highest BCUT2D eigenvalue weighted by Crippen LogP contribution is 2.18. The monoisotopic (exact) mass is 252 g/mol. The summed E-state index contributed by atoms with van der Waals surface area (Å²) in [6, 6.07) is 10.0. The van der Waals surface area contributed by atoms with E-state index < -0.39 is 0 Å². The molecule has 19 heavy (non-hydrogen) atoms. The van der Waals surface area contributed by atoms with Gasteiger partial charge in [0, 0.05) is 0 Å². The van der Waals surface area contributed by atoms with Gasteiger partial charge in [-0.1, -0.05) is 48.6 Å². The van der Waals surface area contributed by atoms with Crippen LogP contribution in [0.3, 0.4) is 0 Å². The third-order valence-corrected chi connectivity index (χ3v) is 3.30. The van der Waals surface area contributed by atoms with Crippen LogP contribution < -0.4 is 0 Å². The number of allylic oxidation sites excluding steroid dienone is 5. The van der Waals surface area contributed by atoms with Crippen LogP contribution in [0.2, 0.25) is 0 Å². The predicted octanol–water partition coefficient (Wildman–Crippen LogP) is 4.72. The zero-order chi connectivity index (χ0) is 13.5. The first-order valence-electron chi connectivity index (χ1n) is 6.89. The molecule has 0 fully saturated rings. The molecule has 1 nitrogen and oxygen atoms in total. The molecule has 1 heteroatoms. The molecular formula is C18H20O. The fraction of sp³-hybridized carbons (Fsp3) is 0.278. The second-order valence-electron chi connectivity index (χ2n) is 4.88. The van der Waals surface area contributed by atoms with E-state index in [1.807, 2.05) is 43.3 Å². The highest BCUT2D eigenvalue weighted by molar-refractivity contribution is 6.10. The molecule has 0 aliphatic heterocycles. The summed E-state index contributed by atoms with van der Waals surface area (Å²) < 4.78 is 0. The van der Waals surface area contributed by atoms with Crippen LogP contribution in [0, 0.1) is 0 Å². The molecule has 98 valence electrons. The highest BCUT2D eigenvalue weighted by atomic mass is 16.1. The molecule has 0 amide bonds. The van der Waals surface area contributed by atoms with Crippen LogP contribution in [0.1, 0.15) is 38.2 Å². The lowest BCUT2D eigenvalue weighted by molar-refractivity contribution is -0.112. The molecule has 0 atom stereocenters. The number of carbonyl (C=O) groups excluding carboxylic acids is 1. The van der Waals surface area contributed by atoms with Crippen molar-refractivity contribution in [3.8, 4) is 0 Å². The molecule has 0 saturated heterocycles. The summed E-state index contributed by atoms with van der Waals surface area (Å²) in [6.07, 6.45) is 12.3. The van der Waals surface area contributed by atoms with Crippen molar-refractivity contribution in [2.24, 2.45) is 0 Å². The number of hydrogen-bond acceptors (Lipinski definition) is 1. The maximum atomic E-state index is 12.4. The standard InChI is InChI=1S/C18H20O/c1-15(14-16-10-6-5-7-11-16)18(19)17-12-8-3-2-4-9-13-17/h2-3,5-7,10-11,13-14H,4,8-9,12H2,1H3/b3-2-,15-14+,17-13+. The number of ketones is 1. The highest BCUT2D eigenvalue weighted by Gasteiger charge is 2.11. The molecule has 0 saturated carbocycles. The molecule has 1 aliphatic carbocycles. The molecule has 0 N–H and O–H groups in total. The zero-order valence-corrected chi connectivity index (χ0v) is 11.4. The van der Waals surface area contributed by atoms with E-state index in [1.165, 1.54) is 0 Å². The second kappa shape index (κ2) is 6.89. The van der Waals surface area contributed by atoms with E-state index in [-0.39, 0.29) is 5.78 Å². The van der Waals surface area contributed by atoms with Crippen molar-refractivity contribution in [2.45, 2.75) is 32.6 Å². The van der Waals surface area contributed by atoms with Gasteiger partial charge in [-0.05, 0) is 55.4 Å². The second-order valence-corrected chi connectivity index (χ2v) is 4.88. The van der Waals surface area contributed by atoms with Crippen LogP contribution >= 0.6 is 0 Å². The molecular weight excluding hydrogens is 232 g/mol. The van der Waals surface area contributed by atoms with E-state index in [0.717, 1.165) is 42.4 Å². The largest absolute Gasteiger partial charge is 0.289 e. The average molecular weight is 252 g/mol. The van der Waals surface area contributed by atoms with Crippen LogP contribution in [0.4, 0.5) is 0 Å². The molecule has 0 spiro atoms. The van der Waals surface area contributed by atoms with E-state index >= 15 is 0 Å². The van der Waals surface area contributed by atoms with Crippen LogP contribution in [0.25, 0.3) is 6.08 Å². The topological polar surface area (TPSA) is 17.1 Å². The van der Waals surface area contributed by atoms with Gasteiger partial charge in [0.1, 0.15) is 0 Å². The maximum Gasteiger partial charge on any atom is 0.184 e. The lowest BCUT2D eigenvalue weighted by Gasteiger charge is -2.08. The lowest BCUT2D eigenvalue weighted by atomic mass is 9.96. The van der Waals surface area contributed by atoms with Crippen LogP contribution in [-0.2, 0) is 4.79 Å². The SMILES string of the molecule is C/C(=C\c1ccccc1)C(=O)/C1=C/CC/C=C\CC1. The molecule has 0 bridgehead atoms. The molecule has 0 heterocycles. The van der Waals surface area contributed by atoms with Crippen molar-refractivity contribution in [2.75, 3.05) is 0 Å². The summed E-state index contributed by atoms with van der Waals surface area (Å²) in [5.74, 6) is 0.194. The molecule has 1 aromatic carbocycles. The van der Waals surface area contributed by atoms with Gasteiger partial charge in [-0.15, -0.1) is 0 Å². The van der Waals surface area contributed by atoms with Crippen LogP contribution in [0.5, 0.6) is 0 Å². The van der Waals surface area contributed by atoms with Crippen molar-refractivity contribution in [1.29, 1.82) is 0 Å². The van der Waals surface area contributed by atoms with E-state index in [4.69, 9.17) is 0 Å². The Hall–Kier alpha value is -1.89. The molecule has 0 aromatic heterocycles. The Morgan fingerprint density at radius 2 is 1.79 bits per heavy atom. The van der Waals surface area contributed by atoms with Gasteiger partial charge in [0.15, 0.2) is 5.78 Å². The van der Waals surface area contributed by atoms with Gasteiger partial charge < -0.3 is 0 Å². The normalized spacial score (nSPS) is 20.9. The van der Waals surface area contributed by atoms with Crippen molar-refractivity contribution in [3.05, 3.63) is 65.3 Å². The number of benzene rings is 1. The van der Waals surface area contributed by atoms with Gasteiger partial charge >= 0.3 is 0 Å². The minimum absolute atomic E-state index is 0.194. The average Bonchev–Trinajstić information content (AvgIpc) is 2.39. The Morgan fingerprint density at radius 1 is 1.05 bits per heavy atom. The van der Waals surface area contributed by atoms with E-state index in [0.29, 0.717) is 0 Å². The van der Waals surface area contributed by atoms with Crippen molar-refractivity contribution >= 4 is 11.9 Å². The Labute approximate surface area is 115 Å². The fourth-order valence-electron chi connectivity index (χ4n) is 2.25. The minimum Gasteiger partial charge on any atom is -0.289 e. The van der Waals surface area contributed by atoms with E-state index in [1.54, 1.807) is 0 Å². The first-order chi connectivity index (χ1) is 9.27. The van der Waals surface area contributed by atoms with Crippen molar-refractivity contribution in [1.82, 2.24) is 0 Å². The fourth-order valence-corrected chi connectivity index (χ4v) is 2.25. The maximum absolute atomic E-state index is 12.4. The smallest absolute Gasteiger partial charge is 0.184 e. The van der Waals surface area contributed by atoms with E-state index in [9.17, 15) is 4.79 Å². The first kappa shape index (κ1) is 13.5. The predicted molar refractivity (Wildman–Crippen MR) is 80.8 cm³/mol. The molecule has 0 unspecified atom stereocenters. The molecule has 2 rings (SSSR count). The van der Waals surface area contributed by atoms with E-state index in [2.05, 4.69) is 18.2 Å². The Bertz CT molecular complexity index is 518. The summed E-state index contributed by atoms with van der Waals surface area (Å²) in [6.45, 7) is 1.91. The number of Topliss-reactive ketones (excluding diaryl/α,β-unsaturated/α-hetero) is 1. The third kappa shape index (κ3) is 4.06. The number of carbonyl (C=O) groups is 1. The number of rotatable bonds is 3. The van der Waals surface area contributed by atoms with Crippen LogP contribution in [0.15, 0.2) is 59.7 Å². The minimum atomic E-state index is 0.194. The third-order valence-electron chi connectivity index (χ3n) is 3.30. The summed E-state index contributed by atoms with van der Waals surface area (Å²) in [5, 5.41) is 0.